The zero-order valence-corrected chi connectivity index (χ0v) is 10.9. The molecule has 0 fully saturated rings. The van der Waals surface area contributed by atoms with Crippen molar-refractivity contribution in [3.8, 4) is 0 Å². The van der Waals surface area contributed by atoms with E-state index >= 15 is 0 Å². The highest BCUT2D eigenvalue weighted by molar-refractivity contribution is 5.49. The number of nitrogens with one attached hydrogen (secondary N) is 1. The van der Waals surface area contributed by atoms with Crippen LogP contribution < -0.4 is 5.32 Å². The van der Waals surface area contributed by atoms with E-state index in [0.29, 0.717) is 17.7 Å². The van der Waals surface area contributed by atoms with Crippen LogP contribution in [-0.4, -0.2) is 4.92 Å². The lowest BCUT2D eigenvalue weighted by Crippen LogP contribution is -2.10. The van der Waals surface area contributed by atoms with Crippen molar-refractivity contribution in [2.45, 2.75) is 13.0 Å². The summed E-state index contributed by atoms with van der Waals surface area (Å²) in [6, 6.07) is 6.20. The SMILES string of the molecule is CC(Nc1c(F)cc(F)cc1F)c1cccc([N+](=O)[O-])c1. The van der Waals surface area contributed by atoms with Gasteiger partial charge in [0.15, 0.2) is 11.6 Å². The second-order valence-electron chi connectivity index (χ2n) is 4.46. The Balaban J connectivity index is 2.28. The maximum Gasteiger partial charge on any atom is 0.269 e. The summed E-state index contributed by atoms with van der Waals surface area (Å²) in [5.41, 5.74) is -0.121. The van der Waals surface area contributed by atoms with Gasteiger partial charge in [0, 0.05) is 30.3 Å². The number of nitrogens with zero attached hydrogens (tertiary/aromatic N) is 1. The van der Waals surface area contributed by atoms with Crippen LogP contribution in [0.4, 0.5) is 24.5 Å². The summed E-state index contributed by atoms with van der Waals surface area (Å²) in [7, 11) is 0. The van der Waals surface area contributed by atoms with Crippen LogP contribution in [0.3, 0.4) is 0 Å². The van der Waals surface area contributed by atoms with Gasteiger partial charge in [-0.1, -0.05) is 12.1 Å². The quantitative estimate of drug-likeness (QED) is 0.680. The van der Waals surface area contributed by atoms with Crippen LogP contribution in [0.5, 0.6) is 0 Å². The predicted octanol–water partition coefficient (Wildman–Crippen LogP) is 4.19. The minimum absolute atomic E-state index is 0.124. The van der Waals surface area contributed by atoms with E-state index in [0.717, 1.165) is 0 Å². The van der Waals surface area contributed by atoms with E-state index < -0.39 is 34.1 Å². The number of hydrogen-bond donors (Lipinski definition) is 1. The van der Waals surface area contributed by atoms with Crippen molar-refractivity contribution in [3.63, 3.8) is 0 Å². The van der Waals surface area contributed by atoms with Gasteiger partial charge in [0.1, 0.15) is 11.5 Å². The molecular formula is C14H11F3N2O2. The molecule has 0 saturated heterocycles. The van der Waals surface area contributed by atoms with Crippen LogP contribution in [0.15, 0.2) is 36.4 Å². The van der Waals surface area contributed by atoms with Gasteiger partial charge in [-0.3, -0.25) is 10.1 Å². The highest BCUT2D eigenvalue weighted by Crippen LogP contribution is 2.26. The van der Waals surface area contributed by atoms with Crippen molar-refractivity contribution in [1.82, 2.24) is 0 Å². The van der Waals surface area contributed by atoms with Crippen LogP contribution in [0.2, 0.25) is 0 Å². The summed E-state index contributed by atoms with van der Waals surface area (Å²) >= 11 is 0. The van der Waals surface area contributed by atoms with Crippen molar-refractivity contribution in [2.75, 3.05) is 5.32 Å². The third-order valence-corrected chi connectivity index (χ3v) is 2.95. The molecule has 0 saturated carbocycles. The first-order chi connectivity index (χ1) is 9.88. The molecule has 0 aromatic heterocycles. The van der Waals surface area contributed by atoms with Gasteiger partial charge < -0.3 is 5.32 Å². The largest absolute Gasteiger partial charge is 0.374 e. The smallest absolute Gasteiger partial charge is 0.269 e. The fraction of sp³-hybridized carbons (Fsp3) is 0.143. The molecule has 7 heteroatoms. The predicted molar refractivity (Wildman–Crippen MR) is 71.5 cm³/mol. The molecule has 2 aromatic carbocycles. The Morgan fingerprint density at radius 2 is 1.76 bits per heavy atom. The van der Waals surface area contributed by atoms with E-state index in [9.17, 15) is 23.3 Å². The Labute approximate surface area is 118 Å². The molecule has 0 heterocycles. The van der Waals surface area contributed by atoms with Crippen molar-refractivity contribution in [2.24, 2.45) is 0 Å². The van der Waals surface area contributed by atoms with Gasteiger partial charge in [-0.05, 0) is 12.5 Å². The summed E-state index contributed by atoms with van der Waals surface area (Å²) in [6.07, 6.45) is 0. The third-order valence-electron chi connectivity index (χ3n) is 2.95. The van der Waals surface area contributed by atoms with E-state index in [1.165, 1.54) is 18.2 Å². The van der Waals surface area contributed by atoms with Gasteiger partial charge in [0.25, 0.3) is 5.69 Å². The normalized spacial score (nSPS) is 12.0. The molecule has 4 nitrogen and oxygen atoms in total. The highest BCUT2D eigenvalue weighted by Gasteiger charge is 2.16. The number of rotatable bonds is 4. The van der Waals surface area contributed by atoms with Gasteiger partial charge in [0.05, 0.1) is 4.92 Å². The van der Waals surface area contributed by atoms with Crippen LogP contribution in [0.25, 0.3) is 0 Å². The molecular weight excluding hydrogens is 285 g/mol. The van der Waals surface area contributed by atoms with E-state index in [2.05, 4.69) is 5.32 Å². The summed E-state index contributed by atoms with van der Waals surface area (Å²) in [5, 5.41) is 13.3. The minimum Gasteiger partial charge on any atom is -0.374 e. The van der Waals surface area contributed by atoms with Crippen LogP contribution in [0, 0.1) is 27.6 Å². The van der Waals surface area contributed by atoms with Crippen molar-refractivity contribution in [1.29, 1.82) is 0 Å². The molecule has 0 spiro atoms. The Morgan fingerprint density at radius 1 is 1.14 bits per heavy atom. The van der Waals surface area contributed by atoms with Gasteiger partial charge in [-0.15, -0.1) is 0 Å². The van der Waals surface area contributed by atoms with Crippen LogP contribution in [0.1, 0.15) is 18.5 Å². The van der Waals surface area contributed by atoms with E-state index in [1.807, 2.05) is 0 Å². The fourth-order valence-electron chi connectivity index (χ4n) is 1.89. The standard InChI is InChI=1S/C14H11F3N2O2/c1-8(9-3-2-4-11(5-9)19(20)21)18-14-12(16)6-10(15)7-13(14)17/h2-8,18H,1H3. The lowest BCUT2D eigenvalue weighted by molar-refractivity contribution is -0.384. The van der Waals surface area contributed by atoms with Crippen LogP contribution >= 0.6 is 0 Å². The molecule has 21 heavy (non-hydrogen) atoms. The zero-order chi connectivity index (χ0) is 15.6. The topological polar surface area (TPSA) is 55.2 Å². The molecule has 0 aliphatic rings. The number of halogens is 3. The van der Waals surface area contributed by atoms with E-state index in [-0.39, 0.29) is 5.69 Å². The monoisotopic (exact) mass is 296 g/mol. The first-order valence-corrected chi connectivity index (χ1v) is 6.04. The van der Waals surface area contributed by atoms with E-state index in [1.54, 1.807) is 13.0 Å². The Morgan fingerprint density at radius 3 is 2.33 bits per heavy atom. The summed E-state index contributed by atoms with van der Waals surface area (Å²) < 4.78 is 39.9. The van der Waals surface area contributed by atoms with Crippen molar-refractivity contribution in [3.05, 3.63) is 69.5 Å². The molecule has 0 radical (unpaired) electrons. The Hall–Kier alpha value is -2.57. The van der Waals surface area contributed by atoms with Crippen LogP contribution in [-0.2, 0) is 0 Å². The van der Waals surface area contributed by atoms with Gasteiger partial charge in [-0.25, -0.2) is 13.2 Å². The molecule has 0 aliphatic heterocycles. The minimum atomic E-state index is -1.07. The lowest BCUT2D eigenvalue weighted by Gasteiger charge is -2.16. The number of nitro groups is 1. The maximum atomic E-state index is 13.5. The molecule has 110 valence electrons. The Bertz CT molecular complexity index is 669. The Kier molecular flexibility index (Phi) is 4.11. The fourth-order valence-corrected chi connectivity index (χ4v) is 1.89. The van der Waals surface area contributed by atoms with Gasteiger partial charge in [0.2, 0.25) is 0 Å². The molecule has 2 rings (SSSR count). The number of non-ortho nitro benzene ring substituents is 1. The summed E-state index contributed by atoms with van der Waals surface area (Å²) in [6.45, 7) is 1.58. The summed E-state index contributed by atoms with van der Waals surface area (Å²) in [5.74, 6) is -3.15. The molecule has 1 unspecified atom stereocenters. The van der Waals surface area contributed by atoms with Gasteiger partial charge >= 0.3 is 0 Å². The molecule has 1 atom stereocenters. The lowest BCUT2D eigenvalue weighted by atomic mass is 10.1. The number of nitro benzene ring substituents is 1. The number of anilines is 1. The average molecular weight is 296 g/mol. The second-order valence-corrected chi connectivity index (χ2v) is 4.46. The average Bonchev–Trinajstić information content (AvgIpc) is 2.42. The van der Waals surface area contributed by atoms with Crippen molar-refractivity contribution < 1.29 is 18.1 Å². The molecule has 1 N–H and O–H groups in total. The zero-order valence-electron chi connectivity index (χ0n) is 10.9. The highest BCUT2D eigenvalue weighted by atomic mass is 19.1. The summed E-state index contributed by atoms with van der Waals surface area (Å²) in [4.78, 5) is 10.1. The van der Waals surface area contributed by atoms with Crippen molar-refractivity contribution >= 4 is 11.4 Å². The molecule has 0 aliphatic carbocycles. The maximum absolute atomic E-state index is 13.5. The van der Waals surface area contributed by atoms with Gasteiger partial charge in [-0.2, -0.15) is 0 Å². The molecule has 2 aromatic rings. The number of benzene rings is 2. The molecule has 0 bridgehead atoms. The first kappa shape index (κ1) is 14.8. The number of hydrogen-bond acceptors (Lipinski definition) is 3. The molecule has 0 amide bonds. The van der Waals surface area contributed by atoms with E-state index in [4.69, 9.17) is 0 Å². The second kappa shape index (κ2) is 5.82. The first-order valence-electron chi connectivity index (χ1n) is 6.04. The third kappa shape index (κ3) is 3.31.